The molecule has 1 aromatic carbocycles. The lowest BCUT2D eigenvalue weighted by Gasteiger charge is -2.31. The van der Waals surface area contributed by atoms with Gasteiger partial charge in [-0.15, -0.1) is 0 Å². The lowest BCUT2D eigenvalue weighted by molar-refractivity contribution is 0.0730. The third-order valence-corrected chi connectivity index (χ3v) is 6.92. The number of amides is 1. The number of anilines is 2. The van der Waals surface area contributed by atoms with Crippen LogP contribution >= 0.6 is 0 Å². The molecule has 2 aromatic rings. The van der Waals surface area contributed by atoms with Gasteiger partial charge in [-0.25, -0.2) is 8.42 Å². The molecule has 1 N–H and O–H groups in total. The Labute approximate surface area is 174 Å². The van der Waals surface area contributed by atoms with E-state index >= 15 is 0 Å². The highest BCUT2D eigenvalue weighted by Gasteiger charge is 2.28. The highest BCUT2D eigenvalue weighted by Crippen LogP contribution is 2.31. The number of aromatic nitrogens is 1. The minimum atomic E-state index is -3.71. The van der Waals surface area contributed by atoms with Crippen LogP contribution < -0.4 is 10.2 Å². The fraction of sp³-hybridized carbons (Fsp3) is 0.474. The number of sulfonamides is 1. The predicted molar refractivity (Wildman–Crippen MR) is 108 cm³/mol. The summed E-state index contributed by atoms with van der Waals surface area (Å²) >= 11 is 0. The van der Waals surface area contributed by atoms with Crippen LogP contribution in [0.3, 0.4) is 0 Å². The summed E-state index contributed by atoms with van der Waals surface area (Å²) in [7, 11) is -3.71. The van der Waals surface area contributed by atoms with Crippen molar-refractivity contribution in [2.24, 2.45) is 0 Å². The summed E-state index contributed by atoms with van der Waals surface area (Å²) in [6.07, 6.45) is 0. The van der Waals surface area contributed by atoms with Gasteiger partial charge in [0.2, 0.25) is 15.8 Å². The van der Waals surface area contributed by atoms with Crippen LogP contribution in [0.2, 0.25) is 0 Å². The van der Waals surface area contributed by atoms with Crippen molar-refractivity contribution in [1.29, 1.82) is 0 Å². The number of aryl methyl sites for hydroxylation is 1. The van der Waals surface area contributed by atoms with Crippen LogP contribution in [-0.4, -0.2) is 76.4 Å². The van der Waals surface area contributed by atoms with Crippen molar-refractivity contribution in [3.05, 3.63) is 35.7 Å². The molecular weight excluding hydrogens is 412 g/mol. The minimum absolute atomic E-state index is 0.0573. The molecule has 0 bridgehead atoms. The van der Waals surface area contributed by atoms with Crippen molar-refractivity contribution in [3.63, 3.8) is 0 Å². The molecule has 0 atom stereocenters. The van der Waals surface area contributed by atoms with Gasteiger partial charge in [-0.3, -0.25) is 4.79 Å². The van der Waals surface area contributed by atoms with Crippen LogP contribution in [0.4, 0.5) is 11.4 Å². The number of rotatable bonds is 5. The normalized spacial score (nSPS) is 18.4. The van der Waals surface area contributed by atoms with Crippen LogP contribution in [0.1, 0.15) is 16.2 Å². The molecule has 1 aromatic heterocycles. The molecular formula is C19H24N4O6S. The first-order valence-electron chi connectivity index (χ1n) is 9.74. The standard InChI is InChI=1S/C19H24N4O6S/c1-14-12-18(29-21-14)19(24)20-16-13-15(30(25,26)23-6-10-28-11-7-23)2-3-17(16)22-4-8-27-9-5-22/h2-3,12-13H,4-11H2,1H3,(H,20,24). The Bertz CT molecular complexity index is 1010. The average molecular weight is 436 g/mol. The monoisotopic (exact) mass is 436 g/mol. The molecule has 0 aliphatic carbocycles. The molecule has 0 radical (unpaired) electrons. The van der Waals surface area contributed by atoms with E-state index < -0.39 is 15.9 Å². The number of morpholine rings is 2. The number of carbonyl (C=O) groups excluding carboxylic acids is 1. The van der Waals surface area contributed by atoms with Crippen molar-refractivity contribution in [1.82, 2.24) is 9.46 Å². The zero-order valence-electron chi connectivity index (χ0n) is 16.7. The second-order valence-electron chi connectivity index (χ2n) is 7.08. The number of ether oxygens (including phenoxy) is 2. The summed E-state index contributed by atoms with van der Waals surface area (Å²) in [5.41, 5.74) is 1.70. The van der Waals surface area contributed by atoms with E-state index in [-0.39, 0.29) is 10.7 Å². The molecule has 0 saturated carbocycles. The summed E-state index contributed by atoms with van der Waals surface area (Å²) in [4.78, 5) is 14.8. The smallest absolute Gasteiger partial charge is 0.294 e. The number of hydrogen-bond donors (Lipinski definition) is 1. The van der Waals surface area contributed by atoms with Crippen molar-refractivity contribution >= 4 is 27.3 Å². The molecule has 0 unspecified atom stereocenters. The largest absolute Gasteiger partial charge is 0.379 e. The van der Waals surface area contributed by atoms with Crippen LogP contribution in [-0.2, 0) is 19.5 Å². The van der Waals surface area contributed by atoms with Crippen molar-refractivity contribution < 1.29 is 27.2 Å². The quantitative estimate of drug-likeness (QED) is 0.741. The minimum Gasteiger partial charge on any atom is -0.379 e. The van der Waals surface area contributed by atoms with Gasteiger partial charge in [0, 0.05) is 32.2 Å². The molecule has 3 heterocycles. The van der Waals surface area contributed by atoms with E-state index in [2.05, 4.69) is 15.4 Å². The number of carbonyl (C=O) groups is 1. The van der Waals surface area contributed by atoms with Gasteiger partial charge >= 0.3 is 0 Å². The molecule has 4 rings (SSSR count). The van der Waals surface area contributed by atoms with E-state index in [0.29, 0.717) is 64.0 Å². The predicted octanol–water partition coefficient (Wildman–Crippen LogP) is 1.09. The number of nitrogens with zero attached hydrogens (tertiary/aromatic N) is 3. The van der Waals surface area contributed by atoms with Gasteiger partial charge in [-0.1, -0.05) is 5.16 Å². The zero-order chi connectivity index (χ0) is 21.1. The Morgan fingerprint density at radius 1 is 1.03 bits per heavy atom. The van der Waals surface area contributed by atoms with Gasteiger partial charge in [-0.05, 0) is 25.1 Å². The van der Waals surface area contributed by atoms with Gasteiger partial charge < -0.3 is 24.2 Å². The van der Waals surface area contributed by atoms with E-state index in [1.165, 1.54) is 16.4 Å². The fourth-order valence-electron chi connectivity index (χ4n) is 3.45. The SMILES string of the molecule is Cc1cc(C(=O)Nc2cc(S(=O)(=O)N3CCOCC3)ccc2N2CCOCC2)on1. The number of hydrogen-bond acceptors (Lipinski definition) is 8. The Morgan fingerprint density at radius 2 is 1.70 bits per heavy atom. The van der Waals surface area contributed by atoms with E-state index in [0.717, 1.165) is 5.69 Å². The third kappa shape index (κ3) is 4.33. The summed E-state index contributed by atoms with van der Waals surface area (Å²) in [6.45, 7) is 5.43. The molecule has 2 aliphatic rings. The maximum absolute atomic E-state index is 13.1. The lowest BCUT2D eigenvalue weighted by Crippen LogP contribution is -2.40. The lowest BCUT2D eigenvalue weighted by atomic mass is 10.2. The molecule has 2 fully saturated rings. The van der Waals surface area contributed by atoms with E-state index in [9.17, 15) is 13.2 Å². The molecule has 30 heavy (non-hydrogen) atoms. The molecule has 2 saturated heterocycles. The molecule has 0 spiro atoms. The third-order valence-electron chi connectivity index (χ3n) is 5.03. The van der Waals surface area contributed by atoms with Crippen molar-refractivity contribution in [2.75, 3.05) is 62.8 Å². The number of nitrogens with one attached hydrogen (secondary N) is 1. The summed E-state index contributed by atoms with van der Waals surface area (Å²) < 4.78 is 43.3. The summed E-state index contributed by atoms with van der Waals surface area (Å²) in [5, 5.41) is 6.52. The summed E-state index contributed by atoms with van der Waals surface area (Å²) in [5.74, 6) is -0.437. The Morgan fingerprint density at radius 3 is 2.33 bits per heavy atom. The Kier molecular flexibility index (Phi) is 6.04. The molecule has 1 amide bonds. The average Bonchev–Trinajstić information content (AvgIpc) is 3.21. The maximum Gasteiger partial charge on any atom is 0.294 e. The maximum atomic E-state index is 13.1. The topological polar surface area (TPSA) is 114 Å². The molecule has 11 heteroatoms. The van der Waals surface area contributed by atoms with Crippen LogP contribution in [0, 0.1) is 6.92 Å². The van der Waals surface area contributed by atoms with Crippen LogP contribution in [0.15, 0.2) is 33.7 Å². The van der Waals surface area contributed by atoms with Crippen molar-refractivity contribution in [3.8, 4) is 0 Å². The van der Waals surface area contributed by atoms with Crippen LogP contribution in [0.25, 0.3) is 0 Å². The van der Waals surface area contributed by atoms with E-state index in [4.69, 9.17) is 14.0 Å². The first-order valence-corrected chi connectivity index (χ1v) is 11.2. The first kappa shape index (κ1) is 20.8. The second kappa shape index (κ2) is 8.72. The van der Waals surface area contributed by atoms with Crippen LogP contribution in [0.5, 0.6) is 0 Å². The fourth-order valence-corrected chi connectivity index (χ4v) is 4.88. The molecule has 10 nitrogen and oxygen atoms in total. The Hall–Kier alpha value is -2.47. The van der Waals surface area contributed by atoms with Gasteiger partial charge in [0.25, 0.3) is 5.91 Å². The van der Waals surface area contributed by atoms with E-state index in [1.54, 1.807) is 19.1 Å². The second-order valence-corrected chi connectivity index (χ2v) is 9.02. The highest BCUT2D eigenvalue weighted by molar-refractivity contribution is 7.89. The Balaban J connectivity index is 1.68. The highest BCUT2D eigenvalue weighted by atomic mass is 32.2. The number of benzene rings is 1. The van der Waals surface area contributed by atoms with Crippen molar-refractivity contribution in [2.45, 2.75) is 11.8 Å². The van der Waals surface area contributed by atoms with Gasteiger partial charge in [0.05, 0.1) is 48.4 Å². The van der Waals surface area contributed by atoms with Gasteiger partial charge in [0.1, 0.15) is 0 Å². The zero-order valence-corrected chi connectivity index (χ0v) is 17.5. The molecule has 2 aliphatic heterocycles. The van der Waals surface area contributed by atoms with Gasteiger partial charge in [0.15, 0.2) is 0 Å². The van der Waals surface area contributed by atoms with Gasteiger partial charge in [-0.2, -0.15) is 4.31 Å². The summed E-state index contributed by atoms with van der Waals surface area (Å²) in [6, 6.07) is 6.32. The van der Waals surface area contributed by atoms with E-state index in [1.807, 2.05) is 0 Å². The molecule has 162 valence electrons. The first-order chi connectivity index (χ1) is 14.4.